The number of hydrogen-bond donors (Lipinski definition) is 2. The first-order chi connectivity index (χ1) is 5.80. The minimum absolute atomic E-state index is 0.0172. The minimum Gasteiger partial charge on any atom is -0.330 e. The van der Waals surface area contributed by atoms with Gasteiger partial charge in [0.25, 0.3) is 0 Å². The third-order valence-corrected chi connectivity index (χ3v) is 2.26. The summed E-state index contributed by atoms with van der Waals surface area (Å²) in [5.41, 5.74) is 11.3. The zero-order valence-corrected chi connectivity index (χ0v) is 9.13. The summed E-state index contributed by atoms with van der Waals surface area (Å²) in [7, 11) is 0. The Morgan fingerprint density at radius 3 is 2.15 bits per heavy atom. The zero-order chi connectivity index (χ0) is 10.6. The van der Waals surface area contributed by atoms with E-state index >= 15 is 0 Å². The first-order valence-electron chi connectivity index (χ1n) is 4.79. The molecule has 3 heteroatoms. The molecule has 0 aromatic heterocycles. The van der Waals surface area contributed by atoms with Gasteiger partial charge in [-0.3, -0.25) is 4.79 Å². The minimum atomic E-state index is -0.362. The second-order valence-corrected chi connectivity index (χ2v) is 4.74. The van der Waals surface area contributed by atoms with Gasteiger partial charge in [0.05, 0.1) is 6.04 Å². The highest BCUT2D eigenvalue weighted by Gasteiger charge is 2.25. The molecule has 0 aliphatic carbocycles. The van der Waals surface area contributed by atoms with E-state index in [1.807, 2.05) is 27.7 Å². The van der Waals surface area contributed by atoms with Crippen molar-refractivity contribution in [1.82, 2.24) is 0 Å². The normalized spacial score (nSPS) is 14.7. The fourth-order valence-corrected chi connectivity index (χ4v) is 1.21. The number of carbonyl (C=O) groups is 1. The summed E-state index contributed by atoms with van der Waals surface area (Å²) in [6.45, 7) is 8.36. The molecular formula is C10H22N2O. The van der Waals surface area contributed by atoms with E-state index in [2.05, 4.69) is 0 Å². The molecule has 0 aliphatic heterocycles. The molecule has 0 fully saturated rings. The van der Waals surface area contributed by atoms with E-state index < -0.39 is 0 Å². The van der Waals surface area contributed by atoms with Gasteiger partial charge in [0.1, 0.15) is 0 Å². The molecule has 13 heavy (non-hydrogen) atoms. The van der Waals surface area contributed by atoms with Crippen LogP contribution in [0.15, 0.2) is 0 Å². The highest BCUT2D eigenvalue weighted by Crippen LogP contribution is 2.20. The highest BCUT2D eigenvalue weighted by atomic mass is 16.1. The maximum atomic E-state index is 11.5. The Labute approximate surface area is 80.9 Å². The van der Waals surface area contributed by atoms with Crippen LogP contribution in [0.25, 0.3) is 0 Å². The van der Waals surface area contributed by atoms with Crippen molar-refractivity contribution in [2.24, 2.45) is 22.8 Å². The number of ketones is 1. The lowest BCUT2D eigenvalue weighted by molar-refractivity contribution is -0.123. The average Bonchev–Trinajstić information content (AvgIpc) is 2.02. The molecule has 0 heterocycles. The predicted octanol–water partition coefficient (Wildman–Crippen LogP) is 0.914. The molecular weight excluding hydrogens is 164 g/mol. The van der Waals surface area contributed by atoms with Gasteiger partial charge in [0.15, 0.2) is 5.78 Å². The van der Waals surface area contributed by atoms with Crippen molar-refractivity contribution in [3.8, 4) is 0 Å². The van der Waals surface area contributed by atoms with E-state index in [1.54, 1.807) is 0 Å². The van der Waals surface area contributed by atoms with Gasteiger partial charge < -0.3 is 11.5 Å². The van der Waals surface area contributed by atoms with E-state index in [4.69, 9.17) is 11.5 Å². The number of Topliss-reactive ketones (excluding diaryl/α,β-unsaturated/α-hetero) is 1. The lowest BCUT2D eigenvalue weighted by Gasteiger charge is -2.26. The molecule has 0 aromatic rings. The van der Waals surface area contributed by atoms with Crippen molar-refractivity contribution in [1.29, 1.82) is 0 Å². The lowest BCUT2D eigenvalue weighted by Crippen LogP contribution is -2.40. The van der Waals surface area contributed by atoms with Gasteiger partial charge in [0, 0.05) is 5.92 Å². The molecule has 0 saturated heterocycles. The monoisotopic (exact) mass is 186 g/mol. The van der Waals surface area contributed by atoms with Crippen molar-refractivity contribution < 1.29 is 4.79 Å². The second kappa shape index (κ2) is 4.72. The quantitative estimate of drug-likeness (QED) is 0.670. The second-order valence-electron chi connectivity index (χ2n) is 4.74. The Kier molecular flexibility index (Phi) is 4.57. The van der Waals surface area contributed by atoms with Crippen LogP contribution in [0, 0.1) is 11.3 Å². The number of hydrogen-bond acceptors (Lipinski definition) is 3. The van der Waals surface area contributed by atoms with Crippen LogP contribution >= 0.6 is 0 Å². The number of rotatable bonds is 5. The lowest BCUT2D eigenvalue weighted by atomic mass is 9.83. The summed E-state index contributed by atoms with van der Waals surface area (Å²) in [5, 5.41) is 0. The largest absolute Gasteiger partial charge is 0.330 e. The first-order valence-corrected chi connectivity index (χ1v) is 4.79. The third-order valence-electron chi connectivity index (χ3n) is 2.26. The van der Waals surface area contributed by atoms with Crippen LogP contribution in [0.3, 0.4) is 0 Å². The standard InChI is InChI=1S/C10H22N2O/c1-7(2)9(13)8(12)5-10(3,4)6-11/h7-8H,5-6,11-12H2,1-4H3. The van der Waals surface area contributed by atoms with E-state index in [0.29, 0.717) is 13.0 Å². The molecule has 0 aliphatic rings. The number of nitrogens with two attached hydrogens (primary N) is 2. The SMILES string of the molecule is CC(C)C(=O)C(N)CC(C)(C)CN. The predicted molar refractivity (Wildman–Crippen MR) is 55.3 cm³/mol. The fraction of sp³-hybridized carbons (Fsp3) is 0.900. The first kappa shape index (κ1) is 12.6. The Hall–Kier alpha value is -0.410. The average molecular weight is 186 g/mol. The summed E-state index contributed by atoms with van der Waals surface area (Å²) < 4.78 is 0. The molecule has 1 atom stereocenters. The fourth-order valence-electron chi connectivity index (χ4n) is 1.21. The summed E-state index contributed by atoms with van der Waals surface area (Å²) in [6.07, 6.45) is 0.667. The van der Waals surface area contributed by atoms with E-state index in [-0.39, 0.29) is 23.2 Å². The van der Waals surface area contributed by atoms with Crippen LogP contribution in [0.2, 0.25) is 0 Å². The van der Waals surface area contributed by atoms with E-state index in [0.717, 1.165) is 0 Å². The maximum Gasteiger partial charge on any atom is 0.152 e. The Morgan fingerprint density at radius 2 is 1.85 bits per heavy atom. The van der Waals surface area contributed by atoms with Gasteiger partial charge in [-0.1, -0.05) is 27.7 Å². The van der Waals surface area contributed by atoms with Crippen molar-refractivity contribution in [3.05, 3.63) is 0 Å². The van der Waals surface area contributed by atoms with Crippen molar-refractivity contribution in [3.63, 3.8) is 0 Å². The van der Waals surface area contributed by atoms with Crippen molar-refractivity contribution in [2.75, 3.05) is 6.54 Å². The molecule has 78 valence electrons. The Morgan fingerprint density at radius 1 is 1.38 bits per heavy atom. The molecule has 0 amide bonds. The smallest absolute Gasteiger partial charge is 0.152 e. The number of carbonyl (C=O) groups excluding carboxylic acids is 1. The van der Waals surface area contributed by atoms with Gasteiger partial charge in [-0.2, -0.15) is 0 Å². The topological polar surface area (TPSA) is 69.1 Å². The zero-order valence-electron chi connectivity index (χ0n) is 9.13. The highest BCUT2D eigenvalue weighted by molar-refractivity contribution is 5.85. The molecule has 0 radical (unpaired) electrons. The Bertz CT molecular complexity index is 176. The molecule has 0 saturated carbocycles. The summed E-state index contributed by atoms with van der Waals surface area (Å²) in [6, 6.07) is -0.362. The Balaban J connectivity index is 4.15. The summed E-state index contributed by atoms with van der Waals surface area (Å²) in [5.74, 6) is 0.144. The molecule has 0 bridgehead atoms. The van der Waals surface area contributed by atoms with Gasteiger partial charge in [-0.05, 0) is 18.4 Å². The van der Waals surface area contributed by atoms with Crippen molar-refractivity contribution in [2.45, 2.75) is 40.2 Å². The molecule has 0 aromatic carbocycles. The van der Waals surface area contributed by atoms with Crippen molar-refractivity contribution >= 4 is 5.78 Å². The van der Waals surface area contributed by atoms with E-state index in [1.165, 1.54) is 0 Å². The van der Waals surface area contributed by atoms with Crippen LogP contribution in [-0.4, -0.2) is 18.4 Å². The molecule has 1 unspecified atom stereocenters. The van der Waals surface area contributed by atoms with Crippen LogP contribution in [0.4, 0.5) is 0 Å². The summed E-state index contributed by atoms with van der Waals surface area (Å²) in [4.78, 5) is 11.5. The van der Waals surface area contributed by atoms with Crippen LogP contribution in [-0.2, 0) is 4.79 Å². The van der Waals surface area contributed by atoms with Crippen LogP contribution < -0.4 is 11.5 Å². The van der Waals surface area contributed by atoms with Gasteiger partial charge in [-0.25, -0.2) is 0 Å². The van der Waals surface area contributed by atoms with Gasteiger partial charge in [-0.15, -0.1) is 0 Å². The van der Waals surface area contributed by atoms with Crippen LogP contribution in [0.5, 0.6) is 0 Å². The van der Waals surface area contributed by atoms with Crippen LogP contribution in [0.1, 0.15) is 34.1 Å². The van der Waals surface area contributed by atoms with Gasteiger partial charge >= 0.3 is 0 Å². The van der Waals surface area contributed by atoms with Gasteiger partial charge in [0.2, 0.25) is 0 Å². The summed E-state index contributed by atoms with van der Waals surface area (Å²) >= 11 is 0. The maximum absolute atomic E-state index is 11.5. The van der Waals surface area contributed by atoms with E-state index in [9.17, 15) is 4.79 Å². The molecule has 4 N–H and O–H groups in total. The molecule has 3 nitrogen and oxygen atoms in total. The molecule has 0 spiro atoms. The third kappa shape index (κ3) is 4.39. The molecule has 0 rings (SSSR count).